The van der Waals surface area contributed by atoms with Gasteiger partial charge in [-0.1, -0.05) is 60.3 Å². The van der Waals surface area contributed by atoms with Gasteiger partial charge in [-0.25, -0.2) is 0 Å². The molecular weight excluding hydrogens is 444 g/mol. The van der Waals surface area contributed by atoms with Gasteiger partial charge < -0.3 is 5.32 Å². The Kier molecular flexibility index (Phi) is 6.49. The first-order chi connectivity index (χ1) is 16.6. The molecule has 5 rings (SSSR count). The summed E-state index contributed by atoms with van der Waals surface area (Å²) in [5.74, 6) is 1.71. The lowest BCUT2D eigenvalue weighted by Gasteiger charge is -2.10. The number of aryl methyl sites for hydroxylation is 1. The van der Waals surface area contributed by atoms with Gasteiger partial charge in [0.15, 0.2) is 5.16 Å². The highest BCUT2D eigenvalue weighted by atomic mass is 32.2. The summed E-state index contributed by atoms with van der Waals surface area (Å²) in [6.07, 6.45) is 2.29. The van der Waals surface area contributed by atoms with Crippen molar-refractivity contribution in [1.29, 1.82) is 0 Å². The van der Waals surface area contributed by atoms with Crippen LogP contribution in [0.15, 0.2) is 65.8 Å². The molecule has 0 spiro atoms. The van der Waals surface area contributed by atoms with Crippen LogP contribution in [0.4, 0.5) is 0 Å². The van der Waals surface area contributed by atoms with Gasteiger partial charge in [0.2, 0.25) is 5.91 Å². The van der Waals surface area contributed by atoms with E-state index in [1.54, 1.807) is 0 Å². The summed E-state index contributed by atoms with van der Waals surface area (Å²) in [5, 5.41) is 17.3. The number of nitrogens with one attached hydrogen (secondary N) is 1. The van der Waals surface area contributed by atoms with Gasteiger partial charge in [-0.15, -0.1) is 10.2 Å². The number of hydrogen-bond donors (Lipinski definition) is 1. The normalized spacial score (nSPS) is 13.2. The SMILES string of the molecule is Cc1nn(Cc2ccccc2)c(C)c1CNC(=O)CSc1nnc(C2CC2)n1-c1ccccc1. The topological polar surface area (TPSA) is 77.6 Å². The van der Waals surface area contributed by atoms with Crippen molar-refractivity contribution in [3.05, 3.63) is 89.0 Å². The molecule has 1 N–H and O–H groups in total. The van der Waals surface area contributed by atoms with Gasteiger partial charge in [0, 0.05) is 29.4 Å². The largest absolute Gasteiger partial charge is 0.351 e. The smallest absolute Gasteiger partial charge is 0.230 e. The molecule has 1 amide bonds. The first-order valence-corrected chi connectivity index (χ1v) is 12.6. The number of amides is 1. The number of hydrogen-bond acceptors (Lipinski definition) is 5. The lowest BCUT2D eigenvalue weighted by atomic mass is 10.2. The molecule has 7 nitrogen and oxygen atoms in total. The first kappa shape index (κ1) is 22.4. The Morgan fingerprint density at radius 1 is 1.03 bits per heavy atom. The fraction of sp³-hybridized carbons (Fsp3) is 0.308. The van der Waals surface area contributed by atoms with Gasteiger partial charge in [0.25, 0.3) is 0 Å². The van der Waals surface area contributed by atoms with Crippen molar-refractivity contribution < 1.29 is 4.79 Å². The Balaban J connectivity index is 1.22. The summed E-state index contributed by atoms with van der Waals surface area (Å²) in [5.41, 5.74) is 5.33. The zero-order chi connectivity index (χ0) is 23.5. The monoisotopic (exact) mass is 472 g/mol. The van der Waals surface area contributed by atoms with Crippen LogP contribution in [0.25, 0.3) is 5.69 Å². The van der Waals surface area contributed by atoms with Gasteiger partial charge >= 0.3 is 0 Å². The summed E-state index contributed by atoms with van der Waals surface area (Å²) < 4.78 is 4.10. The van der Waals surface area contributed by atoms with Gasteiger partial charge in [0.1, 0.15) is 5.82 Å². The van der Waals surface area contributed by atoms with Gasteiger partial charge in [0.05, 0.1) is 18.0 Å². The summed E-state index contributed by atoms with van der Waals surface area (Å²) >= 11 is 1.42. The number of nitrogens with zero attached hydrogens (tertiary/aromatic N) is 5. The zero-order valence-corrected chi connectivity index (χ0v) is 20.3. The highest BCUT2D eigenvalue weighted by Crippen LogP contribution is 2.41. The highest BCUT2D eigenvalue weighted by Gasteiger charge is 2.31. The van der Waals surface area contributed by atoms with E-state index in [1.807, 2.05) is 48.0 Å². The molecule has 1 aliphatic carbocycles. The average molecular weight is 473 g/mol. The molecule has 34 heavy (non-hydrogen) atoms. The fourth-order valence-electron chi connectivity index (χ4n) is 4.07. The minimum absolute atomic E-state index is 0.0322. The second-order valence-electron chi connectivity index (χ2n) is 8.64. The Hall–Kier alpha value is -3.39. The van der Waals surface area contributed by atoms with Crippen molar-refractivity contribution in [2.45, 2.75) is 50.9 Å². The fourth-order valence-corrected chi connectivity index (χ4v) is 4.86. The molecule has 2 heterocycles. The van der Waals surface area contributed by atoms with Crippen LogP contribution in [0.2, 0.25) is 0 Å². The second-order valence-corrected chi connectivity index (χ2v) is 9.59. The Morgan fingerprint density at radius 3 is 2.44 bits per heavy atom. The van der Waals surface area contributed by atoms with E-state index in [2.05, 4.69) is 56.4 Å². The van der Waals surface area contributed by atoms with E-state index in [0.29, 0.717) is 12.5 Å². The van der Waals surface area contributed by atoms with Gasteiger partial charge in [-0.3, -0.25) is 14.0 Å². The number of aromatic nitrogens is 5. The van der Waals surface area contributed by atoms with Crippen molar-refractivity contribution >= 4 is 17.7 Å². The molecule has 0 unspecified atom stereocenters. The molecular formula is C26H28N6OS. The van der Waals surface area contributed by atoms with Crippen LogP contribution in [0.5, 0.6) is 0 Å². The standard InChI is InChI=1S/C26H28N6OS/c1-18-23(19(2)31(30-18)16-20-9-5-3-6-10-20)15-27-24(33)17-34-26-29-28-25(21-13-14-21)32(26)22-11-7-4-8-12-22/h3-12,21H,13-17H2,1-2H3,(H,27,33). The molecule has 174 valence electrons. The van der Waals surface area contributed by atoms with Crippen LogP contribution < -0.4 is 5.32 Å². The third-order valence-corrected chi connectivity index (χ3v) is 7.05. The second kappa shape index (κ2) is 9.85. The van der Waals surface area contributed by atoms with Crippen molar-refractivity contribution in [1.82, 2.24) is 29.9 Å². The first-order valence-electron chi connectivity index (χ1n) is 11.6. The number of rotatable bonds is 9. The van der Waals surface area contributed by atoms with Crippen molar-refractivity contribution in [2.75, 3.05) is 5.75 Å². The van der Waals surface area contributed by atoms with Crippen molar-refractivity contribution in [3.63, 3.8) is 0 Å². The number of para-hydroxylation sites is 1. The molecule has 0 atom stereocenters. The molecule has 8 heteroatoms. The maximum atomic E-state index is 12.7. The number of carbonyl (C=O) groups excluding carboxylic acids is 1. The van der Waals surface area contributed by atoms with Crippen LogP contribution in [0.3, 0.4) is 0 Å². The molecule has 0 aliphatic heterocycles. The lowest BCUT2D eigenvalue weighted by Crippen LogP contribution is -2.25. The Bertz CT molecular complexity index is 1280. The van der Waals surface area contributed by atoms with Gasteiger partial charge in [-0.05, 0) is 44.4 Å². The third kappa shape index (κ3) is 4.92. The highest BCUT2D eigenvalue weighted by molar-refractivity contribution is 7.99. The molecule has 0 saturated heterocycles. The van der Waals surface area contributed by atoms with E-state index < -0.39 is 0 Å². The molecule has 1 saturated carbocycles. The number of carbonyl (C=O) groups is 1. The molecule has 2 aromatic carbocycles. The molecule has 0 bridgehead atoms. The summed E-state index contributed by atoms with van der Waals surface area (Å²) in [4.78, 5) is 12.7. The van der Waals surface area contributed by atoms with E-state index in [1.165, 1.54) is 17.3 Å². The number of benzene rings is 2. The minimum Gasteiger partial charge on any atom is -0.351 e. The van der Waals surface area contributed by atoms with E-state index in [4.69, 9.17) is 0 Å². The summed E-state index contributed by atoms with van der Waals surface area (Å²) in [6, 6.07) is 20.4. The summed E-state index contributed by atoms with van der Waals surface area (Å²) in [7, 11) is 0. The van der Waals surface area contributed by atoms with Crippen LogP contribution in [0.1, 0.15) is 47.1 Å². The quantitative estimate of drug-likeness (QED) is 0.365. The molecule has 4 aromatic rings. The Labute approximate surface area is 203 Å². The third-order valence-electron chi connectivity index (χ3n) is 6.12. The number of thioether (sulfide) groups is 1. The van der Waals surface area contributed by atoms with Gasteiger partial charge in [-0.2, -0.15) is 5.10 Å². The van der Waals surface area contributed by atoms with Crippen LogP contribution in [0, 0.1) is 13.8 Å². The lowest BCUT2D eigenvalue weighted by molar-refractivity contribution is -0.118. The van der Waals surface area contributed by atoms with Crippen LogP contribution >= 0.6 is 11.8 Å². The molecule has 1 aliphatic rings. The van der Waals surface area contributed by atoms with Crippen molar-refractivity contribution in [2.24, 2.45) is 0 Å². The maximum absolute atomic E-state index is 12.7. The van der Waals surface area contributed by atoms with Crippen LogP contribution in [-0.2, 0) is 17.9 Å². The molecule has 2 aromatic heterocycles. The van der Waals surface area contributed by atoms with E-state index in [9.17, 15) is 4.79 Å². The van der Waals surface area contributed by atoms with Crippen LogP contribution in [-0.4, -0.2) is 36.2 Å². The predicted octanol–water partition coefficient (Wildman–Crippen LogP) is 4.41. The molecule has 0 radical (unpaired) electrons. The average Bonchev–Trinajstić information content (AvgIpc) is 3.56. The molecule has 1 fully saturated rings. The predicted molar refractivity (Wildman–Crippen MR) is 133 cm³/mol. The maximum Gasteiger partial charge on any atom is 0.230 e. The zero-order valence-electron chi connectivity index (χ0n) is 19.4. The van der Waals surface area contributed by atoms with E-state index >= 15 is 0 Å². The van der Waals surface area contributed by atoms with E-state index in [0.717, 1.165) is 53.0 Å². The Morgan fingerprint density at radius 2 is 1.74 bits per heavy atom. The van der Waals surface area contributed by atoms with Crippen molar-refractivity contribution in [3.8, 4) is 5.69 Å². The summed E-state index contributed by atoms with van der Waals surface area (Å²) in [6.45, 7) is 5.23. The minimum atomic E-state index is -0.0322. The van der Waals surface area contributed by atoms with E-state index in [-0.39, 0.29) is 11.7 Å².